The zero-order valence-electron chi connectivity index (χ0n) is 13.6. The van der Waals surface area contributed by atoms with Crippen molar-refractivity contribution in [2.75, 3.05) is 25.0 Å². The summed E-state index contributed by atoms with van der Waals surface area (Å²) < 4.78 is 5.94. The first-order valence-electron chi connectivity index (χ1n) is 8.02. The number of anilines is 1. The fourth-order valence-corrected chi connectivity index (χ4v) is 3.23. The van der Waals surface area contributed by atoms with Gasteiger partial charge in [-0.25, -0.2) is 4.98 Å². The SMILES string of the molecule is CNCc1cc(N2CC3CCC(C2)O3)nc(C(C)(C)C)c1. The summed E-state index contributed by atoms with van der Waals surface area (Å²) in [4.78, 5) is 7.37. The van der Waals surface area contributed by atoms with E-state index in [0.717, 1.165) is 25.5 Å². The lowest BCUT2D eigenvalue weighted by atomic mass is 9.90. The van der Waals surface area contributed by atoms with Crippen LogP contribution < -0.4 is 10.2 Å². The number of morpholine rings is 1. The molecule has 2 bridgehead atoms. The number of hydrogen-bond acceptors (Lipinski definition) is 4. The van der Waals surface area contributed by atoms with Gasteiger partial charge >= 0.3 is 0 Å². The summed E-state index contributed by atoms with van der Waals surface area (Å²) >= 11 is 0. The minimum atomic E-state index is 0.0732. The second-order valence-electron chi connectivity index (χ2n) is 7.36. The lowest BCUT2D eigenvalue weighted by Crippen LogP contribution is -2.43. The summed E-state index contributed by atoms with van der Waals surface area (Å²) in [6.45, 7) is 9.53. The number of pyridine rings is 1. The number of hydrogen-bond donors (Lipinski definition) is 1. The number of rotatable bonds is 3. The van der Waals surface area contributed by atoms with Crippen LogP contribution in [0.2, 0.25) is 0 Å². The first-order chi connectivity index (χ1) is 9.95. The van der Waals surface area contributed by atoms with E-state index in [4.69, 9.17) is 9.72 Å². The van der Waals surface area contributed by atoms with E-state index in [1.807, 2.05) is 7.05 Å². The lowest BCUT2D eigenvalue weighted by molar-refractivity contribution is 0.0302. The quantitative estimate of drug-likeness (QED) is 0.927. The third-order valence-electron chi connectivity index (χ3n) is 4.39. The Labute approximate surface area is 127 Å². The normalized spacial score (nSPS) is 25.4. The molecule has 2 aliphatic heterocycles. The van der Waals surface area contributed by atoms with Gasteiger partial charge in [-0.1, -0.05) is 20.8 Å². The maximum absolute atomic E-state index is 5.94. The maximum Gasteiger partial charge on any atom is 0.129 e. The highest BCUT2D eigenvalue weighted by Crippen LogP contribution is 2.31. The second-order valence-corrected chi connectivity index (χ2v) is 7.36. The van der Waals surface area contributed by atoms with E-state index in [9.17, 15) is 0 Å². The van der Waals surface area contributed by atoms with Crippen LogP contribution in [0.4, 0.5) is 5.82 Å². The molecule has 2 saturated heterocycles. The van der Waals surface area contributed by atoms with Crippen LogP contribution in [0.25, 0.3) is 0 Å². The van der Waals surface area contributed by atoms with Crippen LogP contribution in [0.3, 0.4) is 0 Å². The molecule has 2 unspecified atom stereocenters. The smallest absolute Gasteiger partial charge is 0.129 e. The Balaban J connectivity index is 1.91. The predicted octanol–water partition coefficient (Wildman–Crippen LogP) is 2.47. The van der Waals surface area contributed by atoms with Crippen molar-refractivity contribution in [1.82, 2.24) is 10.3 Å². The molecule has 0 radical (unpaired) electrons. The van der Waals surface area contributed by atoms with E-state index in [1.54, 1.807) is 0 Å². The van der Waals surface area contributed by atoms with Crippen molar-refractivity contribution < 1.29 is 4.74 Å². The third kappa shape index (κ3) is 3.22. The van der Waals surface area contributed by atoms with Crippen LogP contribution in [-0.2, 0) is 16.7 Å². The van der Waals surface area contributed by atoms with Crippen molar-refractivity contribution in [3.05, 3.63) is 23.4 Å². The van der Waals surface area contributed by atoms with Gasteiger partial charge in [0.25, 0.3) is 0 Å². The van der Waals surface area contributed by atoms with Crippen molar-refractivity contribution in [2.45, 2.75) is 57.8 Å². The second kappa shape index (κ2) is 5.58. The molecule has 3 heterocycles. The first kappa shape index (κ1) is 14.8. The zero-order valence-corrected chi connectivity index (χ0v) is 13.6. The molecular weight excluding hydrogens is 262 g/mol. The molecule has 4 heteroatoms. The maximum atomic E-state index is 5.94. The molecule has 0 amide bonds. The summed E-state index contributed by atoms with van der Waals surface area (Å²) in [6.07, 6.45) is 3.20. The van der Waals surface area contributed by atoms with E-state index in [1.165, 1.54) is 24.1 Å². The van der Waals surface area contributed by atoms with Crippen molar-refractivity contribution in [1.29, 1.82) is 0 Å². The van der Waals surface area contributed by atoms with Crippen molar-refractivity contribution in [3.8, 4) is 0 Å². The monoisotopic (exact) mass is 289 g/mol. The molecule has 21 heavy (non-hydrogen) atoms. The van der Waals surface area contributed by atoms with Gasteiger partial charge < -0.3 is 15.0 Å². The molecule has 1 aromatic rings. The Hall–Kier alpha value is -1.13. The number of ether oxygens (including phenoxy) is 1. The van der Waals surface area contributed by atoms with Gasteiger partial charge in [0, 0.05) is 30.7 Å². The van der Waals surface area contributed by atoms with Crippen molar-refractivity contribution in [2.24, 2.45) is 0 Å². The average Bonchev–Trinajstić information content (AvgIpc) is 2.76. The van der Waals surface area contributed by atoms with Crippen LogP contribution in [-0.4, -0.2) is 37.3 Å². The first-order valence-corrected chi connectivity index (χ1v) is 8.02. The molecule has 116 valence electrons. The van der Waals surface area contributed by atoms with Gasteiger partial charge in [-0.3, -0.25) is 0 Å². The summed E-state index contributed by atoms with van der Waals surface area (Å²) in [5.74, 6) is 1.12. The van der Waals surface area contributed by atoms with Crippen molar-refractivity contribution >= 4 is 5.82 Å². The molecule has 4 nitrogen and oxygen atoms in total. The fourth-order valence-electron chi connectivity index (χ4n) is 3.23. The van der Waals surface area contributed by atoms with Crippen LogP contribution in [0.5, 0.6) is 0 Å². The number of nitrogens with one attached hydrogen (secondary N) is 1. The molecule has 0 saturated carbocycles. The zero-order chi connectivity index (χ0) is 15.0. The van der Waals surface area contributed by atoms with Crippen LogP contribution >= 0.6 is 0 Å². The highest BCUT2D eigenvalue weighted by atomic mass is 16.5. The highest BCUT2D eigenvalue weighted by molar-refractivity contribution is 5.45. The topological polar surface area (TPSA) is 37.4 Å². The molecule has 0 aromatic carbocycles. The minimum Gasteiger partial charge on any atom is -0.371 e. The minimum absolute atomic E-state index is 0.0732. The molecule has 2 fully saturated rings. The standard InChI is InChI=1S/C17H27N3O/c1-17(2,3)15-7-12(9-18-4)8-16(19-15)20-10-13-5-6-14(11-20)21-13/h7-8,13-14,18H,5-6,9-11H2,1-4H3. The lowest BCUT2D eigenvalue weighted by Gasteiger charge is -2.34. The van der Waals surface area contributed by atoms with E-state index in [-0.39, 0.29) is 5.41 Å². The van der Waals surface area contributed by atoms with Gasteiger partial charge in [-0.05, 0) is 37.6 Å². The van der Waals surface area contributed by atoms with E-state index >= 15 is 0 Å². The largest absolute Gasteiger partial charge is 0.371 e. The molecular formula is C17H27N3O. The van der Waals surface area contributed by atoms with E-state index < -0.39 is 0 Å². The fraction of sp³-hybridized carbons (Fsp3) is 0.706. The Bertz CT molecular complexity index is 497. The summed E-state index contributed by atoms with van der Waals surface area (Å²) in [5, 5.41) is 3.25. The van der Waals surface area contributed by atoms with Gasteiger partial charge in [0.05, 0.1) is 12.2 Å². The number of fused-ring (bicyclic) bond motifs is 2. The summed E-state index contributed by atoms with van der Waals surface area (Å²) in [7, 11) is 1.99. The molecule has 1 N–H and O–H groups in total. The third-order valence-corrected chi connectivity index (χ3v) is 4.39. The van der Waals surface area contributed by atoms with Gasteiger partial charge in [-0.2, -0.15) is 0 Å². The molecule has 0 spiro atoms. The number of aromatic nitrogens is 1. The van der Waals surface area contributed by atoms with Crippen molar-refractivity contribution in [3.63, 3.8) is 0 Å². The van der Waals surface area contributed by atoms with E-state index in [2.05, 4.69) is 43.1 Å². The Morgan fingerprint density at radius 3 is 2.48 bits per heavy atom. The molecule has 3 rings (SSSR count). The predicted molar refractivity (Wildman–Crippen MR) is 85.8 cm³/mol. The Kier molecular flexibility index (Phi) is 3.93. The molecule has 0 aliphatic carbocycles. The van der Waals surface area contributed by atoms with Gasteiger partial charge in [-0.15, -0.1) is 0 Å². The summed E-state index contributed by atoms with van der Waals surface area (Å²) in [6, 6.07) is 4.46. The molecule has 2 atom stereocenters. The highest BCUT2D eigenvalue weighted by Gasteiger charge is 2.34. The van der Waals surface area contributed by atoms with Crippen LogP contribution in [0, 0.1) is 0 Å². The van der Waals surface area contributed by atoms with Gasteiger partial charge in [0.15, 0.2) is 0 Å². The Morgan fingerprint density at radius 1 is 1.24 bits per heavy atom. The van der Waals surface area contributed by atoms with Gasteiger partial charge in [0.2, 0.25) is 0 Å². The summed E-state index contributed by atoms with van der Waals surface area (Å²) in [5.41, 5.74) is 2.55. The van der Waals surface area contributed by atoms with Crippen LogP contribution in [0.1, 0.15) is 44.9 Å². The Morgan fingerprint density at radius 2 is 1.90 bits per heavy atom. The van der Waals surface area contributed by atoms with Gasteiger partial charge in [0.1, 0.15) is 5.82 Å². The molecule has 1 aromatic heterocycles. The number of nitrogens with zero attached hydrogens (tertiary/aromatic N) is 2. The average molecular weight is 289 g/mol. The van der Waals surface area contributed by atoms with E-state index in [0.29, 0.717) is 12.2 Å². The van der Waals surface area contributed by atoms with Crippen LogP contribution in [0.15, 0.2) is 12.1 Å². The molecule has 2 aliphatic rings.